The lowest BCUT2D eigenvalue weighted by Gasteiger charge is -2.28. The summed E-state index contributed by atoms with van der Waals surface area (Å²) >= 11 is 0. The van der Waals surface area contributed by atoms with Crippen molar-refractivity contribution < 1.29 is 32.2 Å². The second-order valence-electron chi connectivity index (χ2n) is 23.7. The number of ether oxygens (including phenoxy) is 3. The Morgan fingerprint density at radius 2 is 0.818 bits per heavy atom. The third-order valence-corrected chi connectivity index (χ3v) is 18.5. The average Bonchev–Trinajstić information content (AvgIpc) is 1.63. The Kier molecular flexibility index (Phi) is 19.1. The van der Waals surface area contributed by atoms with E-state index in [4.69, 9.17) is 53.1 Å². The number of nitrogen functional groups attached to an aromatic ring is 3. The zero-order valence-electron chi connectivity index (χ0n) is 53.6. The number of nitrogens with two attached hydrogens (primary N) is 3. The number of hydrogen-bond acceptors (Lipinski definition) is 19. The summed E-state index contributed by atoms with van der Waals surface area (Å²) in [5, 5.41) is 17.7. The number of nitrogens with zero attached hydrogens (tertiary/aromatic N) is 14. The summed E-state index contributed by atoms with van der Waals surface area (Å²) in [6, 6.07) is 51.7. The van der Waals surface area contributed by atoms with Crippen molar-refractivity contribution in [3.05, 3.63) is 207 Å². The Morgan fingerprint density at radius 3 is 1.17 bits per heavy atom. The minimum atomic E-state index is -3.45. The number of fused-ring (bicyclic) bond motifs is 3. The Balaban J connectivity index is 0.000000134. The number of aromatic nitrogens is 12. The van der Waals surface area contributed by atoms with Crippen molar-refractivity contribution >= 4 is 72.4 Å². The molecule has 99 heavy (non-hydrogen) atoms. The van der Waals surface area contributed by atoms with Gasteiger partial charge in [-0.15, -0.1) is 6.42 Å². The maximum Gasteiger partial charge on any atom is 0.298 e. The molecule has 2 amide bonds. The maximum absolute atomic E-state index is 12.0. The van der Waals surface area contributed by atoms with Gasteiger partial charge < -0.3 is 41.2 Å². The third-order valence-electron chi connectivity index (χ3n) is 17.4. The second-order valence-corrected chi connectivity index (χ2v) is 25.3. The third kappa shape index (κ3) is 14.5. The first-order chi connectivity index (χ1) is 48.2. The van der Waals surface area contributed by atoms with Crippen LogP contribution in [0.4, 0.5) is 17.5 Å². The van der Waals surface area contributed by atoms with Crippen molar-refractivity contribution in [2.24, 2.45) is 0 Å². The first-order valence-corrected chi connectivity index (χ1v) is 33.5. The molecule has 26 heteroatoms. The van der Waals surface area contributed by atoms with E-state index in [1.165, 1.54) is 25.1 Å². The molecule has 0 radical (unpaired) electrons. The Bertz CT molecular complexity index is 5060. The molecular formula is C73H68N18O7S. The summed E-state index contributed by atoms with van der Waals surface area (Å²) in [6.07, 6.45) is 15.4. The van der Waals surface area contributed by atoms with Crippen molar-refractivity contribution in [3.63, 3.8) is 0 Å². The smallest absolute Gasteiger partial charge is 0.298 e. The fourth-order valence-corrected chi connectivity index (χ4v) is 13.3. The molecule has 25 nitrogen and oxygen atoms in total. The second kappa shape index (κ2) is 28.9. The molecule has 0 spiro atoms. The van der Waals surface area contributed by atoms with Crippen molar-refractivity contribution in [2.75, 3.05) is 43.4 Å². The van der Waals surface area contributed by atoms with Crippen LogP contribution in [0, 0.1) is 12.3 Å². The zero-order valence-corrected chi connectivity index (χ0v) is 54.4. The summed E-state index contributed by atoms with van der Waals surface area (Å²) in [4.78, 5) is 53.2. The highest BCUT2D eigenvalue weighted by Gasteiger charge is 2.33. The number of nitrogens with one attached hydrogen (secondary N) is 1. The molecule has 12 aromatic rings. The normalized spacial score (nSPS) is 16.6. The van der Waals surface area contributed by atoms with Crippen LogP contribution < -0.4 is 36.1 Å². The van der Waals surface area contributed by atoms with Crippen molar-refractivity contribution in [3.8, 4) is 80.6 Å². The van der Waals surface area contributed by atoms with Gasteiger partial charge in [-0.3, -0.25) is 9.59 Å². The van der Waals surface area contributed by atoms with E-state index in [2.05, 4.69) is 53.7 Å². The van der Waals surface area contributed by atoms with Crippen molar-refractivity contribution in [2.45, 2.75) is 62.7 Å². The molecule has 3 aliphatic rings. The van der Waals surface area contributed by atoms with Crippen LogP contribution in [0.2, 0.25) is 0 Å². The lowest BCUT2D eigenvalue weighted by atomic mass is 9.92. The maximum atomic E-state index is 12.0. The SMILES string of the molecule is C#CC(=O)N1CCC(n2nc(-c3ccc(Oc4ccccc4)cc3)c3c(N)ncnc32)C1.C=CC(=O)N1CCC(n2nc(-c3ccc(Oc4ccccc4)cc3)c3c(N)ncnc32)C1.C=CS(=O)(=O)NC1CCC(n2nc(-c3ccc(Oc4ccccc4)cc3)c3c(N)ncnc32)CC1. The lowest BCUT2D eigenvalue weighted by molar-refractivity contribution is -0.125. The van der Waals surface area contributed by atoms with Crippen LogP contribution in [-0.4, -0.2) is 121 Å². The standard InChI is InChI=1S/C25H26N6O3S.C24H22N6O2.C24H20N6O2/c1-2-35(32,33)30-18-10-12-19(13-11-18)31-25-22(24(26)27-16-28-25)23(29-31)17-8-14-21(15-9-17)34-20-6-4-3-5-7-20;2*1-2-20(31)29-13-12-17(14-29)30-24-21(23(25)26-15-27-24)22(28-30)16-8-10-19(11-9-16)32-18-6-4-3-5-7-18/h2-9,14-16,18-19,30H,1,10-13H2,(H2,26,27,28);2-11,15,17H,1,12-14H2,(H2,25,26,27);1,3-11,15,17H,12-14H2,(H2,25,26,27). The molecule has 498 valence electrons. The van der Waals surface area contributed by atoms with E-state index in [1.807, 2.05) is 178 Å². The fourth-order valence-electron chi connectivity index (χ4n) is 12.5. The largest absolute Gasteiger partial charge is 0.457 e. The number of rotatable bonds is 16. The van der Waals surface area contributed by atoms with Crippen LogP contribution in [0.5, 0.6) is 34.5 Å². The van der Waals surface area contributed by atoms with Crippen LogP contribution in [0.15, 0.2) is 207 Å². The highest BCUT2D eigenvalue weighted by Crippen LogP contribution is 2.40. The van der Waals surface area contributed by atoms with E-state index >= 15 is 0 Å². The molecule has 1 aliphatic carbocycles. The molecule has 15 rings (SSSR count). The highest BCUT2D eigenvalue weighted by molar-refractivity contribution is 7.92. The first-order valence-electron chi connectivity index (χ1n) is 32.0. The summed E-state index contributed by atoms with van der Waals surface area (Å²) in [7, 11) is -3.45. The van der Waals surface area contributed by atoms with E-state index in [0.717, 1.165) is 70.8 Å². The number of benzene rings is 6. The molecule has 2 saturated heterocycles. The van der Waals surface area contributed by atoms with Gasteiger partial charge in [-0.05, 0) is 160 Å². The quantitative estimate of drug-likeness (QED) is 0.0516. The number of sulfonamides is 1. The molecule has 1 saturated carbocycles. The van der Waals surface area contributed by atoms with Gasteiger partial charge in [0.25, 0.3) is 5.91 Å². The van der Waals surface area contributed by atoms with Crippen LogP contribution >= 0.6 is 0 Å². The van der Waals surface area contributed by atoms with E-state index in [-0.39, 0.29) is 36.0 Å². The van der Waals surface area contributed by atoms with Gasteiger partial charge in [0.2, 0.25) is 15.9 Å². The topological polar surface area (TPSA) is 323 Å². The molecule has 2 unspecified atom stereocenters. The minimum absolute atomic E-state index is 0.00476. The number of anilines is 3. The van der Waals surface area contributed by atoms with Crippen molar-refractivity contribution in [1.82, 2.24) is 73.8 Å². The van der Waals surface area contributed by atoms with Gasteiger partial charge in [-0.1, -0.05) is 67.8 Å². The molecular weight excluding hydrogens is 1270 g/mol. The van der Waals surface area contributed by atoms with Gasteiger partial charge in [0.15, 0.2) is 16.9 Å². The Hall–Kier alpha value is -12.3. The van der Waals surface area contributed by atoms with Gasteiger partial charge in [0.1, 0.15) is 88.0 Å². The number of terminal acetylenes is 1. The highest BCUT2D eigenvalue weighted by atomic mass is 32.2. The Labute approximate surface area is 569 Å². The van der Waals surface area contributed by atoms with Gasteiger partial charge >= 0.3 is 0 Å². The molecule has 2 aliphatic heterocycles. The van der Waals surface area contributed by atoms with E-state index in [1.54, 1.807) is 9.80 Å². The fraction of sp³-hybridized carbons (Fsp3) is 0.192. The lowest BCUT2D eigenvalue weighted by Crippen LogP contribution is -2.37. The number of hydrogen-bond donors (Lipinski definition) is 4. The summed E-state index contributed by atoms with van der Waals surface area (Å²) in [6.45, 7) is 9.20. The van der Waals surface area contributed by atoms with Crippen LogP contribution in [0.25, 0.3) is 66.9 Å². The monoisotopic (exact) mass is 1340 g/mol. The number of carbonyl (C=O) groups is 2. The van der Waals surface area contributed by atoms with Crippen molar-refractivity contribution in [1.29, 1.82) is 0 Å². The summed E-state index contributed by atoms with van der Waals surface area (Å²) in [5.41, 5.74) is 25.4. The zero-order chi connectivity index (χ0) is 68.6. The molecule has 6 aromatic carbocycles. The number of para-hydroxylation sites is 3. The van der Waals surface area contributed by atoms with Gasteiger partial charge in [-0.25, -0.2) is 57.1 Å². The average molecular weight is 1340 g/mol. The molecule has 8 heterocycles. The Morgan fingerprint density at radius 1 is 0.475 bits per heavy atom. The van der Waals surface area contributed by atoms with Gasteiger partial charge in [0.05, 0.1) is 34.3 Å². The number of likely N-dealkylation sites (tertiary alicyclic amines) is 2. The van der Waals surface area contributed by atoms with E-state index in [9.17, 15) is 18.0 Å². The molecule has 7 N–H and O–H groups in total. The molecule has 0 bridgehead atoms. The van der Waals surface area contributed by atoms with Gasteiger partial charge in [0, 0.05) is 54.3 Å². The predicted molar refractivity (Wildman–Crippen MR) is 378 cm³/mol. The number of carbonyl (C=O) groups excluding carboxylic acids is 2. The minimum Gasteiger partial charge on any atom is -0.457 e. The van der Waals surface area contributed by atoms with E-state index in [0.29, 0.717) is 118 Å². The van der Waals surface area contributed by atoms with E-state index < -0.39 is 10.0 Å². The molecule has 6 aromatic heterocycles. The van der Waals surface area contributed by atoms with Crippen LogP contribution in [-0.2, 0) is 19.6 Å². The summed E-state index contributed by atoms with van der Waals surface area (Å²) < 4.78 is 49.6. The number of amides is 2. The predicted octanol–water partition coefficient (Wildman–Crippen LogP) is 11.5. The molecule has 3 fully saturated rings. The molecule has 2 atom stereocenters. The van der Waals surface area contributed by atoms with Crippen LogP contribution in [0.1, 0.15) is 56.7 Å². The summed E-state index contributed by atoms with van der Waals surface area (Å²) in [5.74, 6) is 7.34. The first kappa shape index (κ1) is 65.3. The van der Waals surface area contributed by atoms with Gasteiger partial charge in [-0.2, -0.15) is 15.3 Å². The van der Waals surface area contributed by atoms with Crippen LogP contribution in [0.3, 0.4) is 0 Å².